The summed E-state index contributed by atoms with van der Waals surface area (Å²) >= 11 is 3.10. The van der Waals surface area contributed by atoms with Crippen molar-refractivity contribution in [1.82, 2.24) is 0 Å². The van der Waals surface area contributed by atoms with Gasteiger partial charge in [0.2, 0.25) is 0 Å². The van der Waals surface area contributed by atoms with Crippen LogP contribution >= 0.6 is 15.9 Å². The lowest BCUT2D eigenvalue weighted by Gasteiger charge is -2.11. The van der Waals surface area contributed by atoms with Crippen molar-refractivity contribution in [2.24, 2.45) is 0 Å². The van der Waals surface area contributed by atoms with Gasteiger partial charge in [0.05, 0.1) is 20.7 Å². The number of rotatable bonds is 4. The summed E-state index contributed by atoms with van der Waals surface area (Å²) in [5.74, 6) is -0.421. The maximum Gasteiger partial charge on any atom is 0.175 e. The van der Waals surface area contributed by atoms with Crippen LogP contribution in [0.15, 0.2) is 45.8 Å². The predicted octanol–water partition coefficient (Wildman–Crippen LogP) is 3.19. The molecule has 3 N–H and O–H groups in total. The van der Waals surface area contributed by atoms with Crippen LogP contribution in [-0.4, -0.2) is 14.7 Å². The van der Waals surface area contributed by atoms with Crippen molar-refractivity contribution in [3.8, 4) is 0 Å². The zero-order valence-corrected chi connectivity index (χ0v) is 13.6. The van der Waals surface area contributed by atoms with Crippen LogP contribution in [0.5, 0.6) is 0 Å². The van der Waals surface area contributed by atoms with Crippen molar-refractivity contribution in [3.63, 3.8) is 0 Å². The van der Waals surface area contributed by atoms with Gasteiger partial charge in [-0.15, -0.1) is 0 Å². The van der Waals surface area contributed by atoms with Crippen molar-refractivity contribution in [2.75, 3.05) is 17.3 Å². The van der Waals surface area contributed by atoms with Gasteiger partial charge in [-0.1, -0.05) is 12.1 Å². The number of benzene rings is 2. The number of nitrogens with two attached hydrogens (primary N) is 1. The first-order valence-electron chi connectivity index (χ1n) is 6.05. The first-order valence-corrected chi connectivity index (χ1v) is 8.73. The van der Waals surface area contributed by atoms with Crippen LogP contribution in [-0.2, 0) is 16.4 Å². The van der Waals surface area contributed by atoms with E-state index in [0.29, 0.717) is 22.4 Å². The van der Waals surface area contributed by atoms with Crippen LogP contribution in [0.3, 0.4) is 0 Å². The zero-order valence-electron chi connectivity index (χ0n) is 11.2. The second-order valence-electron chi connectivity index (χ2n) is 4.62. The smallest absolute Gasteiger partial charge is 0.175 e. The molecule has 0 radical (unpaired) electrons. The van der Waals surface area contributed by atoms with E-state index in [4.69, 9.17) is 5.73 Å². The molecule has 0 heterocycles. The number of nitrogens with one attached hydrogen (secondary N) is 1. The van der Waals surface area contributed by atoms with Gasteiger partial charge < -0.3 is 11.1 Å². The molecule has 0 spiro atoms. The fourth-order valence-corrected chi connectivity index (χ4v) is 2.74. The monoisotopic (exact) mass is 372 g/mol. The second-order valence-corrected chi connectivity index (χ2v) is 7.49. The molecule has 2 aromatic carbocycles. The first kappa shape index (κ1) is 15.8. The molecule has 0 fully saturated rings. The first-order chi connectivity index (χ1) is 9.77. The minimum Gasteiger partial charge on any atom is -0.397 e. The summed E-state index contributed by atoms with van der Waals surface area (Å²) in [5, 5.41) is 3.08. The highest BCUT2D eigenvalue weighted by molar-refractivity contribution is 9.10. The molecule has 0 aliphatic rings. The topological polar surface area (TPSA) is 72.2 Å². The third-order valence-corrected chi connectivity index (χ3v) is 4.66. The summed E-state index contributed by atoms with van der Waals surface area (Å²) in [4.78, 5) is 0.273. The van der Waals surface area contributed by atoms with Crippen LogP contribution < -0.4 is 11.1 Å². The molecule has 21 heavy (non-hydrogen) atoms. The van der Waals surface area contributed by atoms with Crippen molar-refractivity contribution < 1.29 is 12.8 Å². The summed E-state index contributed by atoms with van der Waals surface area (Å²) in [7, 11) is -3.19. The van der Waals surface area contributed by atoms with Crippen molar-refractivity contribution >= 4 is 37.1 Å². The van der Waals surface area contributed by atoms with Gasteiger partial charge in [-0.3, -0.25) is 0 Å². The van der Waals surface area contributed by atoms with E-state index in [2.05, 4.69) is 21.2 Å². The minimum absolute atomic E-state index is 0.273. The highest BCUT2D eigenvalue weighted by Crippen LogP contribution is 2.27. The summed E-state index contributed by atoms with van der Waals surface area (Å²) < 4.78 is 36.3. The van der Waals surface area contributed by atoms with Gasteiger partial charge in [-0.25, -0.2) is 12.8 Å². The summed E-state index contributed by atoms with van der Waals surface area (Å²) in [5.41, 5.74) is 7.54. The number of halogens is 2. The fraction of sp³-hybridized carbons (Fsp3) is 0.143. The van der Waals surface area contributed by atoms with Crippen LogP contribution in [0.25, 0.3) is 0 Å². The fourth-order valence-electron chi connectivity index (χ4n) is 1.77. The van der Waals surface area contributed by atoms with Gasteiger partial charge in [0, 0.05) is 18.9 Å². The van der Waals surface area contributed by atoms with E-state index in [9.17, 15) is 12.8 Å². The molecule has 0 unspecified atom stereocenters. The van der Waals surface area contributed by atoms with Gasteiger partial charge in [0.15, 0.2) is 9.84 Å². The molecule has 0 bridgehead atoms. The molecule has 0 aromatic heterocycles. The largest absolute Gasteiger partial charge is 0.397 e. The predicted molar refractivity (Wildman–Crippen MR) is 85.4 cm³/mol. The summed E-state index contributed by atoms with van der Waals surface area (Å²) in [6, 6.07) is 9.34. The van der Waals surface area contributed by atoms with E-state index >= 15 is 0 Å². The van der Waals surface area contributed by atoms with Gasteiger partial charge in [0.1, 0.15) is 5.82 Å². The lowest BCUT2D eigenvalue weighted by Crippen LogP contribution is -2.04. The minimum atomic E-state index is -3.19. The molecule has 0 atom stereocenters. The number of anilines is 2. The molecule has 0 aliphatic carbocycles. The third-order valence-electron chi connectivity index (χ3n) is 2.93. The van der Waals surface area contributed by atoms with Crippen LogP contribution in [0.4, 0.5) is 15.8 Å². The van der Waals surface area contributed by atoms with Gasteiger partial charge in [-0.2, -0.15) is 0 Å². The highest BCUT2D eigenvalue weighted by atomic mass is 79.9. The molecule has 7 heteroatoms. The summed E-state index contributed by atoms with van der Waals surface area (Å²) in [6.07, 6.45) is 1.16. The van der Waals surface area contributed by atoms with E-state index in [-0.39, 0.29) is 4.90 Å². The molecule has 112 valence electrons. The van der Waals surface area contributed by atoms with E-state index in [0.717, 1.165) is 11.8 Å². The van der Waals surface area contributed by atoms with Crippen LogP contribution in [0.2, 0.25) is 0 Å². The lowest BCUT2D eigenvalue weighted by molar-refractivity contribution is 0.602. The second kappa shape index (κ2) is 6.03. The van der Waals surface area contributed by atoms with E-state index < -0.39 is 15.7 Å². The Labute approximate surface area is 131 Å². The molecule has 4 nitrogen and oxygen atoms in total. The average molecular weight is 373 g/mol. The van der Waals surface area contributed by atoms with Gasteiger partial charge >= 0.3 is 0 Å². The molecule has 0 aliphatic heterocycles. The van der Waals surface area contributed by atoms with Crippen LogP contribution in [0.1, 0.15) is 5.56 Å². The third kappa shape index (κ3) is 3.95. The Kier molecular flexibility index (Phi) is 4.53. The van der Waals surface area contributed by atoms with E-state index in [1.165, 1.54) is 6.07 Å². The Bertz CT molecular complexity index is 761. The molecule has 0 amide bonds. The lowest BCUT2D eigenvalue weighted by atomic mass is 10.2. The number of sulfone groups is 1. The molecule has 2 rings (SSSR count). The Morgan fingerprint density at radius 3 is 2.43 bits per heavy atom. The number of hydrogen-bond acceptors (Lipinski definition) is 4. The van der Waals surface area contributed by atoms with Crippen molar-refractivity contribution in [2.45, 2.75) is 11.4 Å². The Morgan fingerprint density at radius 2 is 1.86 bits per heavy atom. The zero-order chi connectivity index (χ0) is 15.6. The Morgan fingerprint density at radius 1 is 1.24 bits per heavy atom. The molecule has 0 saturated heterocycles. The standard InChI is InChI=1S/C14H14BrFN2O2S/c1-21(19,20)10-4-2-9(3-5-10)8-18-14-6-11(15)12(16)7-13(14)17/h2-7,18H,8,17H2,1H3. The van der Waals surface area contributed by atoms with E-state index in [1.54, 1.807) is 30.3 Å². The number of nitrogen functional groups attached to an aromatic ring is 1. The van der Waals surface area contributed by atoms with Gasteiger partial charge in [-0.05, 0) is 39.7 Å². The molecular formula is C14H14BrFN2O2S. The van der Waals surface area contributed by atoms with Crippen LogP contribution in [0, 0.1) is 5.82 Å². The SMILES string of the molecule is CS(=O)(=O)c1ccc(CNc2cc(Br)c(F)cc2N)cc1. The maximum atomic E-state index is 13.3. The Balaban J connectivity index is 2.12. The highest BCUT2D eigenvalue weighted by Gasteiger charge is 2.08. The quantitative estimate of drug-likeness (QED) is 0.808. The maximum absolute atomic E-state index is 13.3. The Hall–Kier alpha value is -1.60. The number of hydrogen-bond donors (Lipinski definition) is 2. The molecular weight excluding hydrogens is 359 g/mol. The van der Waals surface area contributed by atoms with Gasteiger partial charge in [0.25, 0.3) is 0 Å². The van der Waals surface area contributed by atoms with E-state index in [1.807, 2.05) is 0 Å². The molecule has 2 aromatic rings. The molecule has 0 saturated carbocycles. The summed E-state index contributed by atoms with van der Waals surface area (Å²) in [6.45, 7) is 0.451. The van der Waals surface area contributed by atoms with Crippen molar-refractivity contribution in [3.05, 3.63) is 52.3 Å². The average Bonchev–Trinajstić information content (AvgIpc) is 2.41. The normalized spacial score (nSPS) is 11.4. The van der Waals surface area contributed by atoms with Crippen molar-refractivity contribution in [1.29, 1.82) is 0 Å².